The third-order valence-electron chi connectivity index (χ3n) is 2.76. The number of aromatic nitrogens is 4. The number of sulfonamides is 1. The largest absolute Gasteiger partial charge is 0.476 e. The summed E-state index contributed by atoms with van der Waals surface area (Å²) in [4.78, 5) is 10.7. The average Bonchev–Trinajstić information content (AvgIpc) is 2.94. The monoisotopic (exact) mass is 313 g/mol. The van der Waals surface area contributed by atoms with Gasteiger partial charge in [-0.05, 0) is 20.8 Å². The number of H-pyrrole nitrogens is 1. The van der Waals surface area contributed by atoms with Gasteiger partial charge >= 0.3 is 5.97 Å². The molecule has 2 aromatic heterocycles. The van der Waals surface area contributed by atoms with Crippen LogP contribution in [0.25, 0.3) is 0 Å². The maximum atomic E-state index is 12.4. The van der Waals surface area contributed by atoms with Crippen molar-refractivity contribution in [2.24, 2.45) is 0 Å². The molecule has 21 heavy (non-hydrogen) atoms. The van der Waals surface area contributed by atoms with Crippen molar-refractivity contribution >= 4 is 21.8 Å². The molecule has 0 aliphatic rings. The van der Waals surface area contributed by atoms with Gasteiger partial charge in [-0.3, -0.25) is 9.82 Å². The minimum absolute atomic E-state index is 0.0536. The Labute approximate surface area is 121 Å². The molecule has 0 spiro atoms. The van der Waals surface area contributed by atoms with Gasteiger partial charge < -0.3 is 5.11 Å². The van der Waals surface area contributed by atoms with Gasteiger partial charge in [0.25, 0.3) is 10.0 Å². The van der Waals surface area contributed by atoms with E-state index < -0.39 is 21.7 Å². The number of rotatable bonds is 5. The van der Waals surface area contributed by atoms with Gasteiger partial charge in [-0.15, -0.1) is 0 Å². The van der Waals surface area contributed by atoms with Crippen molar-refractivity contribution in [3.8, 4) is 0 Å². The fourth-order valence-electron chi connectivity index (χ4n) is 1.89. The van der Waals surface area contributed by atoms with Gasteiger partial charge in [0.05, 0.1) is 11.9 Å². The zero-order valence-corrected chi connectivity index (χ0v) is 12.5. The van der Waals surface area contributed by atoms with Crippen LogP contribution in [0.4, 0.5) is 5.82 Å². The Morgan fingerprint density at radius 1 is 1.48 bits per heavy atom. The molecule has 0 radical (unpaired) electrons. The summed E-state index contributed by atoms with van der Waals surface area (Å²) in [5.74, 6) is -1.17. The number of carboxylic acids is 1. The lowest BCUT2D eigenvalue weighted by Gasteiger charge is -2.13. The molecule has 0 aromatic carbocycles. The van der Waals surface area contributed by atoms with Crippen molar-refractivity contribution in [1.29, 1.82) is 0 Å². The number of aromatic amines is 1. The van der Waals surface area contributed by atoms with Crippen LogP contribution in [-0.2, 0) is 10.0 Å². The fraction of sp³-hybridized carbons (Fsp3) is 0.364. The highest BCUT2D eigenvalue weighted by atomic mass is 32.2. The van der Waals surface area contributed by atoms with Crippen LogP contribution in [-0.4, -0.2) is 39.5 Å². The summed E-state index contributed by atoms with van der Waals surface area (Å²) < 4.78 is 28.6. The van der Waals surface area contributed by atoms with Crippen molar-refractivity contribution in [3.05, 3.63) is 23.7 Å². The van der Waals surface area contributed by atoms with Crippen molar-refractivity contribution in [2.45, 2.75) is 31.7 Å². The first kappa shape index (κ1) is 15.0. The standard InChI is InChI=1S/C11H15N5O4S/c1-6(2)16-8(4-5-12-16)15-21(19,20)10-7(3)13-14-9(10)11(17)18/h4-6,15H,1-3H3,(H,13,14)(H,17,18). The van der Waals surface area contributed by atoms with E-state index in [0.717, 1.165) is 0 Å². The minimum atomic E-state index is -4.09. The molecule has 0 bridgehead atoms. The lowest BCUT2D eigenvalue weighted by Crippen LogP contribution is -2.20. The molecule has 3 N–H and O–H groups in total. The van der Waals surface area contributed by atoms with E-state index in [4.69, 9.17) is 5.11 Å². The van der Waals surface area contributed by atoms with Crippen LogP contribution in [0.1, 0.15) is 36.1 Å². The number of carbonyl (C=O) groups is 1. The molecule has 0 unspecified atom stereocenters. The minimum Gasteiger partial charge on any atom is -0.476 e. The summed E-state index contributed by atoms with van der Waals surface area (Å²) in [5.41, 5.74) is -0.397. The number of anilines is 1. The molecule has 0 amide bonds. The van der Waals surface area contributed by atoms with Gasteiger partial charge in [-0.1, -0.05) is 0 Å². The number of nitrogens with one attached hydrogen (secondary N) is 2. The molecular formula is C11H15N5O4S. The SMILES string of the molecule is Cc1[nH]nc(C(=O)O)c1S(=O)(=O)Nc1ccnn1C(C)C. The number of aryl methyl sites for hydroxylation is 1. The van der Waals surface area contributed by atoms with E-state index in [2.05, 4.69) is 20.0 Å². The summed E-state index contributed by atoms with van der Waals surface area (Å²) in [6.45, 7) is 5.13. The lowest BCUT2D eigenvalue weighted by molar-refractivity contribution is 0.0686. The van der Waals surface area contributed by atoms with E-state index in [9.17, 15) is 13.2 Å². The maximum Gasteiger partial charge on any atom is 0.357 e. The summed E-state index contributed by atoms with van der Waals surface area (Å²) in [7, 11) is -4.09. The number of aromatic carboxylic acids is 1. The summed E-state index contributed by atoms with van der Waals surface area (Å²) in [6, 6.07) is 1.44. The van der Waals surface area contributed by atoms with E-state index >= 15 is 0 Å². The van der Waals surface area contributed by atoms with Crippen LogP contribution < -0.4 is 4.72 Å². The second-order valence-corrected chi connectivity index (χ2v) is 6.31. The summed E-state index contributed by atoms with van der Waals surface area (Å²) >= 11 is 0. The van der Waals surface area contributed by atoms with Gasteiger partial charge in [-0.2, -0.15) is 10.2 Å². The molecule has 114 valence electrons. The molecule has 10 heteroatoms. The third kappa shape index (κ3) is 2.75. The van der Waals surface area contributed by atoms with Crippen molar-refractivity contribution < 1.29 is 18.3 Å². The van der Waals surface area contributed by atoms with E-state index in [1.165, 1.54) is 23.9 Å². The van der Waals surface area contributed by atoms with Gasteiger partial charge in [0.1, 0.15) is 10.7 Å². The topological polar surface area (TPSA) is 130 Å². The molecular weight excluding hydrogens is 298 g/mol. The molecule has 0 fully saturated rings. The molecule has 0 aliphatic heterocycles. The first-order valence-electron chi connectivity index (χ1n) is 6.08. The first-order valence-corrected chi connectivity index (χ1v) is 7.57. The van der Waals surface area contributed by atoms with Crippen LogP contribution in [0.5, 0.6) is 0 Å². The van der Waals surface area contributed by atoms with E-state index in [1.54, 1.807) is 0 Å². The van der Waals surface area contributed by atoms with Gasteiger partial charge in [0, 0.05) is 12.1 Å². The quantitative estimate of drug-likeness (QED) is 0.754. The Morgan fingerprint density at radius 3 is 2.71 bits per heavy atom. The van der Waals surface area contributed by atoms with Crippen LogP contribution in [0, 0.1) is 6.92 Å². The van der Waals surface area contributed by atoms with E-state index in [0.29, 0.717) is 0 Å². The van der Waals surface area contributed by atoms with Crippen LogP contribution in [0.15, 0.2) is 17.2 Å². The predicted octanol–water partition coefficient (Wildman–Crippen LogP) is 0.995. The van der Waals surface area contributed by atoms with Gasteiger partial charge in [0.2, 0.25) is 0 Å². The smallest absolute Gasteiger partial charge is 0.357 e. The normalized spacial score (nSPS) is 11.8. The first-order chi connectivity index (χ1) is 9.74. The van der Waals surface area contributed by atoms with Crippen LogP contribution in [0.2, 0.25) is 0 Å². The van der Waals surface area contributed by atoms with Gasteiger partial charge in [-0.25, -0.2) is 17.9 Å². The zero-order valence-electron chi connectivity index (χ0n) is 11.7. The molecule has 0 aliphatic carbocycles. The molecule has 0 saturated heterocycles. The average molecular weight is 313 g/mol. The maximum absolute atomic E-state index is 12.4. The fourth-order valence-corrected chi connectivity index (χ4v) is 3.26. The van der Waals surface area contributed by atoms with E-state index in [1.807, 2.05) is 13.8 Å². The van der Waals surface area contributed by atoms with Crippen molar-refractivity contribution in [3.63, 3.8) is 0 Å². The molecule has 0 saturated carbocycles. The molecule has 0 atom stereocenters. The van der Waals surface area contributed by atoms with Crippen LogP contribution >= 0.6 is 0 Å². The zero-order chi connectivity index (χ0) is 15.8. The third-order valence-corrected chi connectivity index (χ3v) is 4.28. The van der Waals surface area contributed by atoms with Crippen LogP contribution in [0.3, 0.4) is 0 Å². The summed E-state index contributed by atoms with van der Waals surface area (Å²) in [5, 5.41) is 18.9. The highest BCUT2D eigenvalue weighted by Gasteiger charge is 2.29. The van der Waals surface area contributed by atoms with Gasteiger partial charge in [0.15, 0.2) is 5.69 Å². The Bertz CT molecular complexity index is 774. The lowest BCUT2D eigenvalue weighted by atomic mass is 10.4. The molecule has 2 aromatic rings. The highest BCUT2D eigenvalue weighted by molar-refractivity contribution is 7.92. The Kier molecular flexibility index (Phi) is 3.73. The second-order valence-electron chi connectivity index (χ2n) is 4.69. The Balaban J connectivity index is 2.46. The second kappa shape index (κ2) is 5.20. The Morgan fingerprint density at radius 2 is 2.14 bits per heavy atom. The number of hydrogen-bond donors (Lipinski definition) is 3. The number of carboxylic acid groups (broad SMARTS) is 1. The van der Waals surface area contributed by atoms with Crippen molar-refractivity contribution in [2.75, 3.05) is 4.72 Å². The highest BCUT2D eigenvalue weighted by Crippen LogP contribution is 2.22. The number of nitrogens with zero attached hydrogens (tertiary/aromatic N) is 3. The van der Waals surface area contributed by atoms with Crippen molar-refractivity contribution in [1.82, 2.24) is 20.0 Å². The molecule has 9 nitrogen and oxygen atoms in total. The Hall–Kier alpha value is -2.36. The predicted molar refractivity (Wildman–Crippen MR) is 73.7 cm³/mol. The number of hydrogen-bond acceptors (Lipinski definition) is 5. The summed E-state index contributed by atoms with van der Waals surface area (Å²) in [6.07, 6.45) is 1.46. The van der Waals surface area contributed by atoms with E-state index in [-0.39, 0.29) is 22.4 Å². The molecule has 2 heterocycles. The molecule has 2 rings (SSSR count).